The lowest BCUT2D eigenvalue weighted by Gasteiger charge is -2.22. The van der Waals surface area contributed by atoms with Crippen LogP contribution in [0.1, 0.15) is 19.3 Å². The smallest absolute Gasteiger partial charge is 0.220 e. The molecule has 0 aliphatic carbocycles. The normalized spacial score (nSPS) is 21.7. The summed E-state index contributed by atoms with van der Waals surface area (Å²) in [7, 11) is 4.02. The molecule has 4 nitrogen and oxygen atoms in total. The van der Waals surface area contributed by atoms with E-state index in [-0.39, 0.29) is 5.91 Å². The maximum Gasteiger partial charge on any atom is 0.220 e. The molecule has 0 radical (unpaired) electrons. The third kappa shape index (κ3) is 5.74. The van der Waals surface area contributed by atoms with Gasteiger partial charge in [0.05, 0.1) is 0 Å². The molecule has 2 N–H and O–H groups in total. The number of likely N-dealkylation sites (N-methyl/N-ethyl adjacent to an activating group) is 1. The Bertz CT molecular complexity index is 188. The van der Waals surface area contributed by atoms with Crippen LogP contribution >= 0.6 is 0 Å². The van der Waals surface area contributed by atoms with Gasteiger partial charge in [0.25, 0.3) is 0 Å². The number of hydrogen-bond acceptors (Lipinski definition) is 3. The van der Waals surface area contributed by atoms with Gasteiger partial charge in [-0.25, -0.2) is 0 Å². The van der Waals surface area contributed by atoms with E-state index in [1.165, 1.54) is 12.8 Å². The summed E-state index contributed by atoms with van der Waals surface area (Å²) < 4.78 is 0. The fraction of sp³-hybridized carbons (Fsp3) is 0.909. The van der Waals surface area contributed by atoms with Gasteiger partial charge in [-0.1, -0.05) is 0 Å². The van der Waals surface area contributed by atoms with Crippen LogP contribution in [0.15, 0.2) is 0 Å². The van der Waals surface area contributed by atoms with Gasteiger partial charge in [-0.05, 0) is 45.9 Å². The fourth-order valence-electron chi connectivity index (χ4n) is 1.85. The minimum absolute atomic E-state index is 0.200. The van der Waals surface area contributed by atoms with Gasteiger partial charge >= 0.3 is 0 Å². The molecule has 1 saturated heterocycles. The number of amides is 1. The highest BCUT2D eigenvalue weighted by molar-refractivity contribution is 5.76. The quantitative estimate of drug-likeness (QED) is 0.678. The van der Waals surface area contributed by atoms with Gasteiger partial charge in [0.2, 0.25) is 5.91 Å². The standard InChI is InChI=1S/C11H23N3O/c1-14(2)7-6-13-11(15)8-10-4-3-5-12-9-10/h10,12H,3-9H2,1-2H3,(H,13,15). The van der Waals surface area contributed by atoms with Gasteiger partial charge in [-0.3, -0.25) is 4.79 Å². The Morgan fingerprint density at radius 3 is 2.93 bits per heavy atom. The van der Waals surface area contributed by atoms with Crippen LogP contribution in [0, 0.1) is 5.92 Å². The number of nitrogens with zero attached hydrogens (tertiary/aromatic N) is 1. The number of carbonyl (C=O) groups is 1. The minimum atomic E-state index is 0.200. The average Bonchev–Trinajstić information content (AvgIpc) is 2.18. The second-order valence-corrected chi connectivity index (χ2v) is 4.57. The zero-order chi connectivity index (χ0) is 11.1. The first-order chi connectivity index (χ1) is 7.18. The van der Waals surface area contributed by atoms with E-state index in [1.54, 1.807) is 0 Å². The van der Waals surface area contributed by atoms with Crippen LogP contribution in [-0.2, 0) is 4.79 Å². The van der Waals surface area contributed by atoms with E-state index in [2.05, 4.69) is 15.5 Å². The van der Waals surface area contributed by atoms with E-state index in [1.807, 2.05) is 14.1 Å². The Labute approximate surface area is 92.4 Å². The van der Waals surface area contributed by atoms with Crippen molar-refractivity contribution in [2.45, 2.75) is 19.3 Å². The summed E-state index contributed by atoms with van der Waals surface area (Å²) >= 11 is 0. The van der Waals surface area contributed by atoms with Crippen LogP contribution in [0.2, 0.25) is 0 Å². The molecule has 88 valence electrons. The summed E-state index contributed by atoms with van der Waals surface area (Å²) in [4.78, 5) is 13.6. The lowest BCUT2D eigenvalue weighted by Crippen LogP contribution is -2.36. The lowest BCUT2D eigenvalue weighted by molar-refractivity contribution is -0.122. The Hall–Kier alpha value is -0.610. The summed E-state index contributed by atoms with van der Waals surface area (Å²) in [5.41, 5.74) is 0. The molecule has 0 aromatic carbocycles. The summed E-state index contributed by atoms with van der Waals surface area (Å²) in [6.45, 7) is 3.78. The van der Waals surface area contributed by atoms with Crippen molar-refractivity contribution in [3.63, 3.8) is 0 Å². The van der Waals surface area contributed by atoms with Crippen molar-refractivity contribution in [2.75, 3.05) is 40.3 Å². The largest absolute Gasteiger partial charge is 0.355 e. The molecule has 1 unspecified atom stereocenters. The van der Waals surface area contributed by atoms with E-state index in [9.17, 15) is 4.79 Å². The molecular formula is C11H23N3O. The van der Waals surface area contributed by atoms with Crippen molar-refractivity contribution < 1.29 is 4.79 Å². The molecule has 4 heteroatoms. The zero-order valence-corrected chi connectivity index (χ0v) is 9.88. The van der Waals surface area contributed by atoms with Crippen molar-refractivity contribution in [3.05, 3.63) is 0 Å². The summed E-state index contributed by atoms with van der Waals surface area (Å²) in [5, 5.41) is 6.28. The van der Waals surface area contributed by atoms with Gasteiger partial charge in [0.1, 0.15) is 0 Å². The third-order valence-electron chi connectivity index (χ3n) is 2.75. The Morgan fingerprint density at radius 2 is 2.33 bits per heavy atom. The number of rotatable bonds is 5. The molecule has 0 aromatic rings. The van der Waals surface area contributed by atoms with Gasteiger partial charge in [-0.15, -0.1) is 0 Å². The van der Waals surface area contributed by atoms with Crippen LogP contribution in [0.3, 0.4) is 0 Å². The van der Waals surface area contributed by atoms with E-state index in [4.69, 9.17) is 0 Å². The second-order valence-electron chi connectivity index (χ2n) is 4.57. The maximum atomic E-state index is 11.5. The molecule has 0 aromatic heterocycles. The number of nitrogens with one attached hydrogen (secondary N) is 2. The monoisotopic (exact) mass is 213 g/mol. The first kappa shape index (κ1) is 12.5. The van der Waals surface area contributed by atoms with Crippen molar-refractivity contribution in [3.8, 4) is 0 Å². The van der Waals surface area contributed by atoms with Crippen molar-refractivity contribution in [1.82, 2.24) is 15.5 Å². The second kappa shape index (κ2) is 6.80. The molecule has 1 amide bonds. The third-order valence-corrected chi connectivity index (χ3v) is 2.75. The molecule has 1 aliphatic heterocycles. The van der Waals surface area contributed by atoms with Gasteiger partial charge in [0, 0.05) is 19.5 Å². The van der Waals surface area contributed by atoms with E-state index < -0.39 is 0 Å². The van der Waals surface area contributed by atoms with Crippen LogP contribution in [0.4, 0.5) is 0 Å². The van der Waals surface area contributed by atoms with Crippen molar-refractivity contribution in [2.24, 2.45) is 5.92 Å². The van der Waals surface area contributed by atoms with Gasteiger partial charge in [0.15, 0.2) is 0 Å². The molecule has 1 heterocycles. The fourth-order valence-corrected chi connectivity index (χ4v) is 1.85. The Balaban J connectivity index is 2.06. The molecule has 1 fully saturated rings. The highest BCUT2D eigenvalue weighted by Crippen LogP contribution is 2.13. The van der Waals surface area contributed by atoms with Crippen LogP contribution < -0.4 is 10.6 Å². The molecule has 0 spiro atoms. The highest BCUT2D eigenvalue weighted by Gasteiger charge is 2.16. The molecule has 0 bridgehead atoms. The van der Waals surface area contributed by atoms with E-state index >= 15 is 0 Å². The molecule has 1 rings (SSSR count). The summed E-state index contributed by atoms with van der Waals surface area (Å²) in [5.74, 6) is 0.739. The topological polar surface area (TPSA) is 44.4 Å². The SMILES string of the molecule is CN(C)CCNC(=O)CC1CCCNC1. The lowest BCUT2D eigenvalue weighted by atomic mass is 9.96. The van der Waals surface area contributed by atoms with Crippen LogP contribution in [-0.4, -0.2) is 51.1 Å². The van der Waals surface area contributed by atoms with Crippen LogP contribution in [0.25, 0.3) is 0 Å². The van der Waals surface area contributed by atoms with Crippen LogP contribution in [0.5, 0.6) is 0 Å². The molecule has 1 aliphatic rings. The van der Waals surface area contributed by atoms with Gasteiger partial charge < -0.3 is 15.5 Å². The first-order valence-corrected chi connectivity index (χ1v) is 5.80. The molecule has 1 atom stereocenters. The average molecular weight is 213 g/mol. The summed E-state index contributed by atoms with van der Waals surface area (Å²) in [6.07, 6.45) is 3.07. The Kier molecular flexibility index (Phi) is 5.65. The zero-order valence-electron chi connectivity index (χ0n) is 9.88. The maximum absolute atomic E-state index is 11.5. The predicted molar refractivity (Wildman–Crippen MR) is 61.8 cm³/mol. The van der Waals surface area contributed by atoms with Gasteiger partial charge in [-0.2, -0.15) is 0 Å². The van der Waals surface area contributed by atoms with Crippen molar-refractivity contribution >= 4 is 5.91 Å². The molecule has 0 saturated carbocycles. The highest BCUT2D eigenvalue weighted by atomic mass is 16.1. The number of hydrogen-bond donors (Lipinski definition) is 2. The van der Waals surface area contributed by atoms with E-state index in [0.717, 1.165) is 26.2 Å². The number of piperidine rings is 1. The Morgan fingerprint density at radius 1 is 1.53 bits per heavy atom. The minimum Gasteiger partial charge on any atom is -0.355 e. The molecular weight excluding hydrogens is 190 g/mol. The molecule has 15 heavy (non-hydrogen) atoms. The first-order valence-electron chi connectivity index (χ1n) is 5.80. The summed E-state index contributed by atoms with van der Waals surface area (Å²) in [6, 6.07) is 0. The predicted octanol–water partition coefficient (Wildman–Crippen LogP) is 0.0539. The van der Waals surface area contributed by atoms with Crippen molar-refractivity contribution in [1.29, 1.82) is 0 Å². The van der Waals surface area contributed by atoms with E-state index in [0.29, 0.717) is 12.3 Å². The number of carbonyl (C=O) groups excluding carboxylic acids is 1.